The largest absolute Gasteiger partial charge is 0.487 e. The smallest absolute Gasteiger partial charge is 0.255 e. The number of nitrogens with zero attached hydrogens (tertiary/aromatic N) is 2. The van der Waals surface area contributed by atoms with Gasteiger partial charge in [-0.3, -0.25) is 4.79 Å². The van der Waals surface area contributed by atoms with E-state index >= 15 is 0 Å². The van der Waals surface area contributed by atoms with Crippen molar-refractivity contribution in [2.45, 2.75) is 20.0 Å². The molecule has 1 fully saturated rings. The van der Waals surface area contributed by atoms with Gasteiger partial charge in [-0.05, 0) is 44.2 Å². The summed E-state index contributed by atoms with van der Waals surface area (Å²) in [6.45, 7) is 5.56. The average Bonchev–Trinajstić information content (AvgIpc) is 2.66. The summed E-state index contributed by atoms with van der Waals surface area (Å²) in [4.78, 5) is 21.2. The van der Waals surface area contributed by atoms with E-state index in [1.54, 1.807) is 18.5 Å². The predicted octanol–water partition coefficient (Wildman–Crippen LogP) is 3.36. The number of nitrogens with one attached hydrogen (secondary N) is 2. The van der Waals surface area contributed by atoms with Crippen molar-refractivity contribution in [3.8, 4) is 16.9 Å². The summed E-state index contributed by atoms with van der Waals surface area (Å²) in [5.41, 5.74) is 4.87. The van der Waals surface area contributed by atoms with E-state index in [9.17, 15) is 4.79 Å². The fourth-order valence-electron chi connectivity index (χ4n) is 3.21. The monoisotopic (exact) mass is 374 g/mol. The molecule has 0 spiro atoms. The summed E-state index contributed by atoms with van der Waals surface area (Å²) in [5.74, 6) is 0.617. The van der Waals surface area contributed by atoms with Gasteiger partial charge in [0.15, 0.2) is 0 Å². The maximum absolute atomic E-state index is 12.5. The highest BCUT2D eigenvalue weighted by Gasteiger charge is 2.22. The first kappa shape index (κ1) is 18.1. The number of ether oxygens (including phenoxy) is 1. The average molecular weight is 374 g/mol. The van der Waals surface area contributed by atoms with Gasteiger partial charge in [0.05, 0.1) is 0 Å². The molecule has 0 atom stereocenters. The second-order valence-corrected chi connectivity index (χ2v) is 6.85. The van der Waals surface area contributed by atoms with Gasteiger partial charge >= 0.3 is 0 Å². The third kappa shape index (κ3) is 3.73. The molecule has 2 aromatic carbocycles. The third-order valence-corrected chi connectivity index (χ3v) is 4.81. The van der Waals surface area contributed by atoms with Gasteiger partial charge in [0, 0.05) is 46.9 Å². The Morgan fingerprint density at radius 3 is 2.43 bits per heavy atom. The van der Waals surface area contributed by atoms with Crippen LogP contribution >= 0.6 is 0 Å². The highest BCUT2D eigenvalue weighted by Crippen LogP contribution is 2.36. The van der Waals surface area contributed by atoms with E-state index in [2.05, 4.69) is 20.6 Å². The molecule has 142 valence electrons. The van der Waals surface area contributed by atoms with E-state index in [-0.39, 0.29) is 12.0 Å². The van der Waals surface area contributed by atoms with Gasteiger partial charge in [-0.25, -0.2) is 9.97 Å². The van der Waals surface area contributed by atoms with Crippen LogP contribution in [0.2, 0.25) is 0 Å². The van der Waals surface area contributed by atoms with Crippen LogP contribution in [0.25, 0.3) is 11.1 Å². The van der Waals surface area contributed by atoms with Crippen LogP contribution in [0.1, 0.15) is 21.7 Å². The summed E-state index contributed by atoms with van der Waals surface area (Å²) in [6.07, 6.45) is 1.71. The van der Waals surface area contributed by atoms with E-state index in [4.69, 9.17) is 4.74 Å². The van der Waals surface area contributed by atoms with Crippen LogP contribution in [0.15, 0.2) is 54.9 Å². The molecule has 0 aliphatic carbocycles. The Bertz CT molecular complexity index is 980. The van der Waals surface area contributed by atoms with Crippen molar-refractivity contribution in [1.82, 2.24) is 15.3 Å². The van der Waals surface area contributed by atoms with Gasteiger partial charge in [0.1, 0.15) is 18.2 Å². The molecule has 3 aromatic rings. The van der Waals surface area contributed by atoms with Crippen molar-refractivity contribution in [1.29, 1.82) is 0 Å². The summed E-state index contributed by atoms with van der Waals surface area (Å²) < 4.78 is 6.16. The minimum absolute atomic E-state index is 0.147. The molecule has 4 rings (SSSR count). The lowest BCUT2D eigenvalue weighted by molar-refractivity contribution is 0.102. The molecule has 1 saturated heterocycles. The lowest BCUT2D eigenvalue weighted by atomic mass is 10.0. The molecular formula is C22H22N4O2. The van der Waals surface area contributed by atoms with Gasteiger partial charge in [0.25, 0.3) is 5.91 Å². The Hall–Kier alpha value is -3.25. The fraction of sp³-hybridized carbons (Fsp3) is 0.227. The fourth-order valence-corrected chi connectivity index (χ4v) is 3.21. The van der Waals surface area contributed by atoms with Crippen molar-refractivity contribution in [2.24, 2.45) is 0 Å². The number of amides is 1. The molecule has 1 aliphatic rings. The number of hydrogen-bond donors (Lipinski definition) is 2. The second kappa shape index (κ2) is 7.78. The Morgan fingerprint density at radius 1 is 1.07 bits per heavy atom. The van der Waals surface area contributed by atoms with Gasteiger partial charge in [0.2, 0.25) is 0 Å². The Morgan fingerprint density at radius 2 is 1.79 bits per heavy atom. The number of hydrogen-bond acceptors (Lipinski definition) is 5. The zero-order valence-electron chi connectivity index (χ0n) is 15.9. The number of anilines is 1. The summed E-state index contributed by atoms with van der Waals surface area (Å²) >= 11 is 0. The Kier molecular flexibility index (Phi) is 5.04. The van der Waals surface area contributed by atoms with E-state index < -0.39 is 0 Å². The molecule has 0 bridgehead atoms. The van der Waals surface area contributed by atoms with Crippen LogP contribution in [0.3, 0.4) is 0 Å². The zero-order valence-corrected chi connectivity index (χ0v) is 15.9. The number of aryl methyl sites for hydroxylation is 2. The summed E-state index contributed by atoms with van der Waals surface area (Å²) in [6, 6.07) is 14.8. The summed E-state index contributed by atoms with van der Waals surface area (Å²) in [5, 5.41) is 6.18. The van der Waals surface area contributed by atoms with Crippen LogP contribution < -0.4 is 15.4 Å². The number of carbonyl (C=O) groups excluding carboxylic acids is 1. The molecule has 2 N–H and O–H groups in total. The zero-order chi connectivity index (χ0) is 19.5. The van der Waals surface area contributed by atoms with Gasteiger partial charge in [-0.1, -0.05) is 18.2 Å². The second-order valence-electron chi connectivity index (χ2n) is 6.85. The Labute approximate surface area is 164 Å². The van der Waals surface area contributed by atoms with Crippen LogP contribution in [0.5, 0.6) is 5.75 Å². The molecular weight excluding hydrogens is 352 g/mol. The van der Waals surface area contributed by atoms with Crippen molar-refractivity contribution >= 4 is 11.6 Å². The molecule has 0 saturated carbocycles. The van der Waals surface area contributed by atoms with E-state index in [1.165, 1.54) is 0 Å². The van der Waals surface area contributed by atoms with Crippen molar-refractivity contribution in [3.63, 3.8) is 0 Å². The van der Waals surface area contributed by atoms with Crippen LogP contribution in [0, 0.1) is 13.8 Å². The summed E-state index contributed by atoms with van der Waals surface area (Å²) in [7, 11) is 0. The van der Waals surface area contributed by atoms with Gasteiger partial charge < -0.3 is 15.4 Å². The normalized spacial score (nSPS) is 13.6. The van der Waals surface area contributed by atoms with E-state index in [0.29, 0.717) is 11.3 Å². The highest BCUT2D eigenvalue weighted by molar-refractivity contribution is 6.04. The van der Waals surface area contributed by atoms with Gasteiger partial charge in [-0.15, -0.1) is 0 Å². The Balaban J connectivity index is 1.70. The standard InChI is InChI=1S/C22H22N4O2/c1-14-21(15(2)25-13-24-14)19-10-17(8-9-20(19)28-18-11-23-12-18)26-22(27)16-6-4-3-5-7-16/h3-10,13,18,23H,11-12H2,1-2H3,(H,26,27). The number of benzene rings is 2. The predicted molar refractivity (Wildman–Crippen MR) is 109 cm³/mol. The van der Waals surface area contributed by atoms with Crippen LogP contribution in [0.4, 0.5) is 5.69 Å². The highest BCUT2D eigenvalue weighted by atomic mass is 16.5. The molecule has 6 heteroatoms. The molecule has 1 amide bonds. The molecule has 2 heterocycles. The first-order valence-corrected chi connectivity index (χ1v) is 9.28. The van der Waals surface area contributed by atoms with Crippen LogP contribution in [-0.2, 0) is 0 Å². The first-order chi connectivity index (χ1) is 13.6. The minimum Gasteiger partial charge on any atom is -0.487 e. The van der Waals surface area contributed by atoms with Crippen molar-refractivity contribution < 1.29 is 9.53 Å². The first-order valence-electron chi connectivity index (χ1n) is 9.28. The lowest BCUT2D eigenvalue weighted by Gasteiger charge is -2.29. The SMILES string of the molecule is Cc1ncnc(C)c1-c1cc(NC(=O)c2ccccc2)ccc1OC1CNC1. The third-order valence-electron chi connectivity index (χ3n) is 4.81. The molecule has 0 radical (unpaired) electrons. The number of aromatic nitrogens is 2. The topological polar surface area (TPSA) is 76.1 Å². The van der Waals surface area contributed by atoms with Crippen LogP contribution in [-0.4, -0.2) is 35.1 Å². The molecule has 6 nitrogen and oxygen atoms in total. The van der Waals surface area contributed by atoms with Crippen molar-refractivity contribution in [3.05, 3.63) is 71.8 Å². The van der Waals surface area contributed by atoms with E-state index in [0.717, 1.165) is 41.4 Å². The number of rotatable bonds is 5. The number of carbonyl (C=O) groups is 1. The lowest BCUT2D eigenvalue weighted by Crippen LogP contribution is -2.50. The maximum atomic E-state index is 12.5. The molecule has 0 unspecified atom stereocenters. The maximum Gasteiger partial charge on any atom is 0.255 e. The quantitative estimate of drug-likeness (QED) is 0.716. The molecule has 1 aromatic heterocycles. The van der Waals surface area contributed by atoms with E-state index in [1.807, 2.05) is 50.2 Å². The molecule has 28 heavy (non-hydrogen) atoms. The van der Waals surface area contributed by atoms with Gasteiger partial charge in [-0.2, -0.15) is 0 Å². The molecule has 1 aliphatic heterocycles. The van der Waals surface area contributed by atoms with Crippen molar-refractivity contribution in [2.75, 3.05) is 18.4 Å². The minimum atomic E-state index is -0.152.